The Bertz CT molecular complexity index is 351. The van der Waals surface area contributed by atoms with E-state index >= 15 is 0 Å². The SMILES string of the molecule is COc1cc2c(cc1Cl)CCCC2N. The molecule has 2 rings (SSSR count). The zero-order chi connectivity index (χ0) is 10.1. The van der Waals surface area contributed by atoms with E-state index < -0.39 is 0 Å². The molecule has 0 aromatic heterocycles. The maximum absolute atomic E-state index is 6.04. The summed E-state index contributed by atoms with van der Waals surface area (Å²) in [4.78, 5) is 0. The lowest BCUT2D eigenvalue weighted by molar-refractivity contribution is 0.412. The van der Waals surface area contributed by atoms with Gasteiger partial charge in [0.2, 0.25) is 0 Å². The Morgan fingerprint density at radius 2 is 2.29 bits per heavy atom. The molecule has 0 heterocycles. The number of aryl methyl sites for hydroxylation is 1. The first-order chi connectivity index (χ1) is 6.72. The number of nitrogens with two attached hydrogens (primary N) is 1. The number of hydrogen-bond acceptors (Lipinski definition) is 2. The van der Waals surface area contributed by atoms with Gasteiger partial charge in [0.1, 0.15) is 5.75 Å². The van der Waals surface area contributed by atoms with E-state index in [1.807, 2.05) is 12.1 Å². The zero-order valence-corrected chi connectivity index (χ0v) is 8.97. The minimum atomic E-state index is 0.143. The molecule has 1 aromatic rings. The summed E-state index contributed by atoms with van der Waals surface area (Å²) >= 11 is 6.04. The Balaban J connectivity index is 2.49. The van der Waals surface area contributed by atoms with E-state index in [-0.39, 0.29) is 6.04 Å². The molecule has 1 unspecified atom stereocenters. The lowest BCUT2D eigenvalue weighted by Crippen LogP contribution is -2.17. The number of fused-ring (bicyclic) bond motifs is 1. The summed E-state index contributed by atoms with van der Waals surface area (Å²) in [5.41, 5.74) is 8.49. The van der Waals surface area contributed by atoms with Crippen molar-refractivity contribution in [2.45, 2.75) is 25.3 Å². The Kier molecular flexibility index (Phi) is 2.66. The molecule has 0 amide bonds. The van der Waals surface area contributed by atoms with E-state index in [0.717, 1.165) is 25.0 Å². The van der Waals surface area contributed by atoms with Crippen molar-refractivity contribution < 1.29 is 4.74 Å². The number of hydrogen-bond donors (Lipinski definition) is 1. The van der Waals surface area contributed by atoms with Crippen molar-refractivity contribution in [3.63, 3.8) is 0 Å². The van der Waals surface area contributed by atoms with E-state index in [0.29, 0.717) is 5.02 Å². The molecule has 0 saturated carbocycles. The van der Waals surface area contributed by atoms with Gasteiger partial charge in [-0.1, -0.05) is 11.6 Å². The van der Waals surface area contributed by atoms with Crippen LogP contribution in [-0.4, -0.2) is 7.11 Å². The first kappa shape index (κ1) is 9.81. The monoisotopic (exact) mass is 211 g/mol. The van der Waals surface area contributed by atoms with Gasteiger partial charge in [-0.2, -0.15) is 0 Å². The average molecular weight is 212 g/mol. The smallest absolute Gasteiger partial charge is 0.137 e. The van der Waals surface area contributed by atoms with Crippen LogP contribution in [0.4, 0.5) is 0 Å². The topological polar surface area (TPSA) is 35.2 Å². The number of halogens is 1. The van der Waals surface area contributed by atoms with Gasteiger partial charge in [0.15, 0.2) is 0 Å². The van der Waals surface area contributed by atoms with Gasteiger partial charge in [0.25, 0.3) is 0 Å². The maximum atomic E-state index is 6.04. The Hall–Kier alpha value is -0.730. The predicted octanol–water partition coefficient (Wildman–Crippen LogP) is 2.68. The number of methoxy groups -OCH3 is 1. The molecule has 76 valence electrons. The largest absolute Gasteiger partial charge is 0.495 e. The lowest BCUT2D eigenvalue weighted by atomic mass is 9.88. The normalized spacial score (nSPS) is 20.4. The van der Waals surface area contributed by atoms with Crippen LogP contribution in [0, 0.1) is 0 Å². The van der Waals surface area contributed by atoms with Gasteiger partial charge in [-0.15, -0.1) is 0 Å². The van der Waals surface area contributed by atoms with E-state index in [9.17, 15) is 0 Å². The first-order valence-electron chi connectivity index (χ1n) is 4.84. The molecule has 3 heteroatoms. The Morgan fingerprint density at radius 1 is 1.50 bits per heavy atom. The second-order valence-electron chi connectivity index (χ2n) is 3.68. The average Bonchev–Trinajstić information content (AvgIpc) is 2.17. The predicted molar refractivity (Wildman–Crippen MR) is 57.9 cm³/mol. The maximum Gasteiger partial charge on any atom is 0.137 e. The highest BCUT2D eigenvalue weighted by Crippen LogP contribution is 2.35. The van der Waals surface area contributed by atoms with E-state index in [4.69, 9.17) is 22.1 Å². The van der Waals surface area contributed by atoms with Crippen molar-refractivity contribution in [1.29, 1.82) is 0 Å². The molecule has 0 bridgehead atoms. The molecule has 2 nitrogen and oxygen atoms in total. The van der Waals surface area contributed by atoms with Crippen molar-refractivity contribution in [1.82, 2.24) is 0 Å². The van der Waals surface area contributed by atoms with Crippen LogP contribution < -0.4 is 10.5 Å². The van der Waals surface area contributed by atoms with Crippen LogP contribution in [-0.2, 0) is 6.42 Å². The van der Waals surface area contributed by atoms with Crippen LogP contribution in [0.15, 0.2) is 12.1 Å². The van der Waals surface area contributed by atoms with E-state index in [2.05, 4.69) is 0 Å². The highest BCUT2D eigenvalue weighted by Gasteiger charge is 2.18. The van der Waals surface area contributed by atoms with Crippen LogP contribution in [0.5, 0.6) is 5.75 Å². The molecular weight excluding hydrogens is 198 g/mol. The Morgan fingerprint density at radius 3 is 3.00 bits per heavy atom. The third-order valence-electron chi connectivity index (χ3n) is 2.77. The van der Waals surface area contributed by atoms with E-state index in [1.54, 1.807) is 7.11 Å². The standard InChI is InChI=1S/C11H14ClNO/c1-14-11-6-8-7(5-9(11)12)3-2-4-10(8)13/h5-6,10H,2-4,13H2,1H3. The van der Waals surface area contributed by atoms with Gasteiger partial charge in [-0.05, 0) is 42.5 Å². The van der Waals surface area contributed by atoms with Crippen LogP contribution in [0.1, 0.15) is 30.0 Å². The fourth-order valence-corrected chi connectivity index (χ4v) is 2.26. The minimum absolute atomic E-state index is 0.143. The zero-order valence-electron chi connectivity index (χ0n) is 8.22. The second-order valence-corrected chi connectivity index (χ2v) is 4.09. The quantitative estimate of drug-likeness (QED) is 0.775. The van der Waals surface area contributed by atoms with Gasteiger partial charge in [0, 0.05) is 6.04 Å². The molecule has 1 atom stereocenters. The molecule has 14 heavy (non-hydrogen) atoms. The van der Waals surface area contributed by atoms with Crippen LogP contribution >= 0.6 is 11.6 Å². The highest BCUT2D eigenvalue weighted by molar-refractivity contribution is 6.32. The molecule has 0 radical (unpaired) electrons. The molecule has 1 aliphatic carbocycles. The molecule has 1 aliphatic rings. The minimum Gasteiger partial charge on any atom is -0.495 e. The van der Waals surface area contributed by atoms with Crippen molar-refractivity contribution in [3.05, 3.63) is 28.3 Å². The van der Waals surface area contributed by atoms with Gasteiger partial charge >= 0.3 is 0 Å². The second kappa shape index (κ2) is 3.79. The highest BCUT2D eigenvalue weighted by atomic mass is 35.5. The molecule has 0 saturated heterocycles. The molecule has 1 aromatic carbocycles. The molecular formula is C11H14ClNO. The molecule has 0 fully saturated rings. The van der Waals surface area contributed by atoms with Gasteiger partial charge in [-0.3, -0.25) is 0 Å². The number of benzene rings is 1. The fraction of sp³-hybridized carbons (Fsp3) is 0.455. The summed E-state index contributed by atoms with van der Waals surface area (Å²) in [6.45, 7) is 0. The van der Waals surface area contributed by atoms with Gasteiger partial charge in [0.05, 0.1) is 12.1 Å². The molecule has 0 aliphatic heterocycles. The summed E-state index contributed by atoms with van der Waals surface area (Å²) in [6, 6.07) is 4.10. The van der Waals surface area contributed by atoms with Crippen molar-refractivity contribution in [3.8, 4) is 5.75 Å². The number of rotatable bonds is 1. The number of ether oxygens (including phenoxy) is 1. The van der Waals surface area contributed by atoms with Crippen molar-refractivity contribution in [2.75, 3.05) is 7.11 Å². The van der Waals surface area contributed by atoms with E-state index in [1.165, 1.54) is 11.1 Å². The third kappa shape index (κ3) is 1.60. The molecule has 0 spiro atoms. The molecule has 2 N–H and O–H groups in total. The van der Waals surface area contributed by atoms with Gasteiger partial charge < -0.3 is 10.5 Å². The first-order valence-corrected chi connectivity index (χ1v) is 5.22. The Labute approximate surface area is 89.0 Å². The van der Waals surface area contributed by atoms with Crippen molar-refractivity contribution in [2.24, 2.45) is 5.73 Å². The van der Waals surface area contributed by atoms with Crippen LogP contribution in [0.3, 0.4) is 0 Å². The van der Waals surface area contributed by atoms with Crippen LogP contribution in [0.25, 0.3) is 0 Å². The van der Waals surface area contributed by atoms with Gasteiger partial charge in [-0.25, -0.2) is 0 Å². The summed E-state index contributed by atoms with van der Waals surface area (Å²) in [5, 5.41) is 0.681. The van der Waals surface area contributed by atoms with Crippen molar-refractivity contribution >= 4 is 11.6 Å². The van der Waals surface area contributed by atoms with Crippen LogP contribution in [0.2, 0.25) is 5.02 Å². The lowest BCUT2D eigenvalue weighted by Gasteiger charge is -2.23. The summed E-state index contributed by atoms with van der Waals surface area (Å²) in [6.07, 6.45) is 3.28. The summed E-state index contributed by atoms with van der Waals surface area (Å²) in [5.74, 6) is 0.725. The third-order valence-corrected chi connectivity index (χ3v) is 3.07. The fourth-order valence-electron chi connectivity index (χ4n) is 2.00. The summed E-state index contributed by atoms with van der Waals surface area (Å²) < 4.78 is 5.17. The summed E-state index contributed by atoms with van der Waals surface area (Å²) in [7, 11) is 1.63.